The minimum atomic E-state index is -0.208. The summed E-state index contributed by atoms with van der Waals surface area (Å²) in [5.74, 6) is 0.492. The van der Waals surface area contributed by atoms with Crippen molar-refractivity contribution in [1.29, 1.82) is 0 Å². The van der Waals surface area contributed by atoms with E-state index >= 15 is 0 Å². The Morgan fingerprint density at radius 1 is 1.14 bits per heavy atom. The Balaban J connectivity index is 1.88. The van der Waals surface area contributed by atoms with Crippen LogP contribution in [-0.2, 0) is 13.0 Å². The molecule has 2 aromatic carbocycles. The molecule has 0 amide bonds. The first-order chi connectivity index (χ1) is 10.1. The monoisotopic (exact) mass is 288 g/mol. The molecular formula is C17H21FN2O. The van der Waals surface area contributed by atoms with Gasteiger partial charge in [0.15, 0.2) is 0 Å². The highest BCUT2D eigenvalue weighted by Gasteiger charge is 2.06. The van der Waals surface area contributed by atoms with Crippen molar-refractivity contribution < 1.29 is 9.13 Å². The highest BCUT2D eigenvalue weighted by Crippen LogP contribution is 2.22. The topological polar surface area (TPSA) is 47.3 Å². The second-order valence-corrected chi connectivity index (χ2v) is 5.19. The summed E-state index contributed by atoms with van der Waals surface area (Å²) in [6.07, 6.45) is 0.870. The van der Waals surface area contributed by atoms with Crippen LogP contribution in [0.1, 0.15) is 18.1 Å². The molecule has 0 spiro atoms. The molecule has 3 nitrogen and oxygen atoms in total. The van der Waals surface area contributed by atoms with Crippen molar-refractivity contribution in [2.24, 2.45) is 0 Å². The summed E-state index contributed by atoms with van der Waals surface area (Å²) in [7, 11) is 1.61. The molecule has 0 radical (unpaired) electrons. The van der Waals surface area contributed by atoms with Crippen LogP contribution in [0.4, 0.5) is 10.1 Å². The number of hydrogen-bond acceptors (Lipinski definition) is 3. The van der Waals surface area contributed by atoms with Gasteiger partial charge < -0.3 is 15.8 Å². The number of nitrogen functional groups attached to an aromatic ring is 1. The first kappa shape index (κ1) is 15.3. The minimum absolute atomic E-state index is 0.208. The van der Waals surface area contributed by atoms with Crippen molar-refractivity contribution in [2.45, 2.75) is 25.9 Å². The molecule has 1 unspecified atom stereocenters. The lowest BCUT2D eigenvalue weighted by atomic mass is 10.1. The molecule has 0 aliphatic rings. The Kier molecular flexibility index (Phi) is 5.17. The first-order valence-corrected chi connectivity index (χ1v) is 6.98. The maximum Gasteiger partial charge on any atom is 0.141 e. The van der Waals surface area contributed by atoms with Gasteiger partial charge in [0.05, 0.1) is 12.8 Å². The van der Waals surface area contributed by atoms with Gasteiger partial charge in [-0.05, 0) is 48.7 Å². The molecule has 0 saturated carbocycles. The SMILES string of the molecule is COc1ccc(CC(C)NCc2ccc(F)cc2)cc1N. The van der Waals surface area contributed by atoms with Crippen LogP contribution in [0.2, 0.25) is 0 Å². The number of methoxy groups -OCH3 is 1. The van der Waals surface area contributed by atoms with Crippen LogP contribution in [0.15, 0.2) is 42.5 Å². The molecule has 0 bridgehead atoms. The lowest BCUT2D eigenvalue weighted by molar-refractivity contribution is 0.416. The third-order valence-electron chi connectivity index (χ3n) is 3.40. The number of nitrogens with one attached hydrogen (secondary N) is 1. The number of rotatable bonds is 6. The van der Waals surface area contributed by atoms with Crippen molar-refractivity contribution in [3.63, 3.8) is 0 Å². The van der Waals surface area contributed by atoms with E-state index in [1.54, 1.807) is 19.2 Å². The molecule has 112 valence electrons. The Bertz CT molecular complexity index is 584. The van der Waals surface area contributed by atoms with Gasteiger partial charge in [-0.15, -0.1) is 0 Å². The van der Waals surface area contributed by atoms with Crippen molar-refractivity contribution in [2.75, 3.05) is 12.8 Å². The number of halogens is 1. The quantitative estimate of drug-likeness (QED) is 0.803. The molecule has 0 aliphatic heterocycles. The fraction of sp³-hybridized carbons (Fsp3) is 0.294. The molecular weight excluding hydrogens is 267 g/mol. The number of benzene rings is 2. The highest BCUT2D eigenvalue weighted by molar-refractivity contribution is 5.54. The maximum atomic E-state index is 12.8. The Labute approximate surface area is 124 Å². The largest absolute Gasteiger partial charge is 0.495 e. The zero-order chi connectivity index (χ0) is 15.2. The van der Waals surface area contributed by atoms with E-state index in [1.807, 2.05) is 18.2 Å². The highest BCUT2D eigenvalue weighted by atomic mass is 19.1. The summed E-state index contributed by atoms with van der Waals surface area (Å²) in [5, 5.41) is 3.42. The van der Waals surface area contributed by atoms with Crippen LogP contribution in [0, 0.1) is 5.82 Å². The lowest BCUT2D eigenvalue weighted by Gasteiger charge is -2.15. The lowest BCUT2D eigenvalue weighted by Crippen LogP contribution is -2.27. The molecule has 4 heteroatoms. The molecule has 2 rings (SSSR count). The molecule has 1 atom stereocenters. The van der Waals surface area contributed by atoms with Gasteiger partial charge in [-0.2, -0.15) is 0 Å². The van der Waals surface area contributed by atoms with Crippen molar-refractivity contribution in [3.8, 4) is 5.75 Å². The molecule has 0 heterocycles. The Morgan fingerprint density at radius 2 is 1.81 bits per heavy atom. The average molecular weight is 288 g/mol. The van der Waals surface area contributed by atoms with Gasteiger partial charge in [-0.3, -0.25) is 0 Å². The predicted octanol–water partition coefficient (Wildman–Crippen LogP) is 3.14. The summed E-state index contributed by atoms with van der Waals surface area (Å²) in [6, 6.07) is 12.7. The van der Waals surface area contributed by atoms with Gasteiger partial charge in [-0.1, -0.05) is 18.2 Å². The summed E-state index contributed by atoms with van der Waals surface area (Å²) in [6.45, 7) is 2.83. The third kappa shape index (κ3) is 4.46. The van der Waals surface area contributed by atoms with Crippen molar-refractivity contribution >= 4 is 5.69 Å². The van der Waals surface area contributed by atoms with Crippen LogP contribution in [0.5, 0.6) is 5.75 Å². The van der Waals surface area contributed by atoms with E-state index in [0.29, 0.717) is 24.0 Å². The average Bonchev–Trinajstić information content (AvgIpc) is 2.47. The van der Waals surface area contributed by atoms with E-state index in [0.717, 1.165) is 17.5 Å². The van der Waals surface area contributed by atoms with Gasteiger partial charge in [-0.25, -0.2) is 4.39 Å². The molecule has 0 saturated heterocycles. The molecule has 3 N–H and O–H groups in total. The van der Waals surface area contributed by atoms with E-state index < -0.39 is 0 Å². The zero-order valence-corrected chi connectivity index (χ0v) is 12.4. The van der Waals surface area contributed by atoms with E-state index in [-0.39, 0.29) is 5.82 Å². The maximum absolute atomic E-state index is 12.8. The molecule has 0 fully saturated rings. The van der Waals surface area contributed by atoms with E-state index in [9.17, 15) is 4.39 Å². The standard InChI is InChI=1S/C17H21FN2O/c1-12(20-11-13-3-6-15(18)7-4-13)9-14-5-8-17(21-2)16(19)10-14/h3-8,10,12,20H,9,11,19H2,1-2H3. The fourth-order valence-electron chi connectivity index (χ4n) is 2.23. The fourth-order valence-corrected chi connectivity index (χ4v) is 2.23. The molecule has 2 aromatic rings. The van der Waals surface area contributed by atoms with Gasteiger partial charge in [0.1, 0.15) is 11.6 Å². The normalized spacial score (nSPS) is 12.1. The second-order valence-electron chi connectivity index (χ2n) is 5.19. The van der Waals surface area contributed by atoms with Gasteiger partial charge in [0.2, 0.25) is 0 Å². The Morgan fingerprint density at radius 3 is 2.43 bits per heavy atom. The number of nitrogens with two attached hydrogens (primary N) is 1. The predicted molar refractivity (Wildman–Crippen MR) is 83.8 cm³/mol. The second kappa shape index (κ2) is 7.09. The molecule has 0 aromatic heterocycles. The Hall–Kier alpha value is -2.07. The van der Waals surface area contributed by atoms with E-state index in [2.05, 4.69) is 12.2 Å². The van der Waals surface area contributed by atoms with Crippen LogP contribution >= 0.6 is 0 Å². The first-order valence-electron chi connectivity index (χ1n) is 6.98. The van der Waals surface area contributed by atoms with Gasteiger partial charge in [0.25, 0.3) is 0 Å². The van der Waals surface area contributed by atoms with Crippen molar-refractivity contribution in [1.82, 2.24) is 5.32 Å². The number of ether oxygens (including phenoxy) is 1. The summed E-state index contributed by atoms with van der Waals surface area (Å²) >= 11 is 0. The van der Waals surface area contributed by atoms with Crippen molar-refractivity contribution in [3.05, 3.63) is 59.4 Å². The summed E-state index contributed by atoms with van der Waals surface area (Å²) < 4.78 is 18.0. The summed E-state index contributed by atoms with van der Waals surface area (Å²) in [5.41, 5.74) is 8.79. The smallest absolute Gasteiger partial charge is 0.141 e. The van der Waals surface area contributed by atoms with Crippen LogP contribution in [0.25, 0.3) is 0 Å². The van der Waals surface area contributed by atoms with E-state index in [1.165, 1.54) is 12.1 Å². The molecule has 0 aliphatic carbocycles. The number of anilines is 1. The minimum Gasteiger partial charge on any atom is -0.495 e. The molecule has 21 heavy (non-hydrogen) atoms. The summed E-state index contributed by atoms with van der Waals surface area (Å²) in [4.78, 5) is 0. The zero-order valence-electron chi connectivity index (χ0n) is 12.4. The van der Waals surface area contributed by atoms with Crippen LogP contribution in [-0.4, -0.2) is 13.2 Å². The van der Waals surface area contributed by atoms with Gasteiger partial charge >= 0.3 is 0 Å². The third-order valence-corrected chi connectivity index (χ3v) is 3.40. The number of hydrogen-bond donors (Lipinski definition) is 2. The van der Waals surface area contributed by atoms with Crippen LogP contribution in [0.3, 0.4) is 0 Å². The van der Waals surface area contributed by atoms with Crippen LogP contribution < -0.4 is 15.8 Å². The van der Waals surface area contributed by atoms with Gasteiger partial charge in [0, 0.05) is 12.6 Å². The van der Waals surface area contributed by atoms with E-state index in [4.69, 9.17) is 10.5 Å².